The normalized spacial score (nSPS) is 17.1. The molecule has 0 aliphatic heterocycles. The van der Waals surface area contributed by atoms with Crippen molar-refractivity contribution >= 4 is 0 Å². The summed E-state index contributed by atoms with van der Waals surface area (Å²) in [6.07, 6.45) is 8.83. The number of hydrogen-bond acceptors (Lipinski definition) is 1. The van der Waals surface area contributed by atoms with E-state index in [4.69, 9.17) is 5.73 Å². The maximum absolute atomic E-state index is 5.69. The van der Waals surface area contributed by atoms with Crippen LogP contribution in [0, 0.1) is 23.7 Å². The van der Waals surface area contributed by atoms with Gasteiger partial charge in [-0.25, -0.2) is 0 Å². The first-order valence-corrected chi connectivity index (χ1v) is 8.52. The first-order chi connectivity index (χ1) is 9.87. The van der Waals surface area contributed by atoms with Gasteiger partial charge in [0, 0.05) is 0 Å². The zero-order chi connectivity index (χ0) is 16.4. The third kappa shape index (κ3) is 7.66. The molecule has 0 aromatic carbocycles. The summed E-state index contributed by atoms with van der Waals surface area (Å²) in [6, 6.07) is 0. The van der Waals surface area contributed by atoms with E-state index in [1.54, 1.807) is 0 Å². The van der Waals surface area contributed by atoms with Crippen LogP contribution in [0.2, 0.25) is 0 Å². The average molecular weight is 292 g/mol. The molecule has 1 heteroatoms. The smallest absolute Gasteiger partial charge is 0.00772 e. The van der Waals surface area contributed by atoms with Gasteiger partial charge < -0.3 is 5.73 Å². The molecule has 0 aliphatic carbocycles. The predicted molar refractivity (Wildman–Crippen MR) is 97.3 cm³/mol. The summed E-state index contributed by atoms with van der Waals surface area (Å²) in [7, 11) is 0. The molecule has 0 spiro atoms. The summed E-state index contributed by atoms with van der Waals surface area (Å²) < 4.78 is 0. The molecule has 1 nitrogen and oxygen atoms in total. The fourth-order valence-electron chi connectivity index (χ4n) is 3.36. The molecular weight excluding hydrogens is 254 g/mol. The number of nitrogens with two attached hydrogens (primary N) is 1. The van der Waals surface area contributed by atoms with Crippen molar-refractivity contribution in [3.05, 3.63) is 36.5 Å². The number of hydrogen-bond donors (Lipinski definition) is 1. The Morgan fingerprint density at radius 2 is 1.67 bits per heavy atom. The van der Waals surface area contributed by atoms with Crippen molar-refractivity contribution in [2.75, 3.05) is 6.54 Å². The molecule has 21 heavy (non-hydrogen) atoms. The molecule has 0 heterocycles. The lowest BCUT2D eigenvalue weighted by Crippen LogP contribution is -2.19. The van der Waals surface area contributed by atoms with Crippen LogP contribution in [0.5, 0.6) is 0 Å². The Balaban J connectivity index is 5.16. The topological polar surface area (TPSA) is 26.0 Å². The second kappa shape index (κ2) is 10.8. The molecular formula is C20H37N. The maximum atomic E-state index is 5.69. The van der Waals surface area contributed by atoms with E-state index in [1.807, 2.05) is 12.2 Å². The maximum Gasteiger partial charge on any atom is -0.00772 e. The van der Waals surface area contributed by atoms with Gasteiger partial charge in [-0.3, -0.25) is 0 Å². The molecule has 2 N–H and O–H groups in total. The van der Waals surface area contributed by atoms with Crippen molar-refractivity contribution in [2.24, 2.45) is 29.4 Å². The van der Waals surface area contributed by atoms with E-state index < -0.39 is 0 Å². The quantitative estimate of drug-likeness (QED) is 0.483. The van der Waals surface area contributed by atoms with E-state index in [0.29, 0.717) is 11.8 Å². The summed E-state index contributed by atoms with van der Waals surface area (Å²) in [4.78, 5) is 0. The van der Waals surface area contributed by atoms with Crippen molar-refractivity contribution in [1.82, 2.24) is 0 Å². The van der Waals surface area contributed by atoms with Gasteiger partial charge in [0.2, 0.25) is 0 Å². The van der Waals surface area contributed by atoms with Crippen LogP contribution in [-0.4, -0.2) is 6.54 Å². The van der Waals surface area contributed by atoms with Crippen molar-refractivity contribution in [3.8, 4) is 0 Å². The van der Waals surface area contributed by atoms with Crippen LogP contribution < -0.4 is 5.73 Å². The van der Waals surface area contributed by atoms with E-state index >= 15 is 0 Å². The Morgan fingerprint density at radius 1 is 1.05 bits per heavy atom. The molecule has 3 atom stereocenters. The molecule has 0 saturated heterocycles. The fourth-order valence-corrected chi connectivity index (χ4v) is 3.36. The number of rotatable bonds is 11. The molecule has 2 unspecified atom stereocenters. The molecule has 0 fully saturated rings. The van der Waals surface area contributed by atoms with Gasteiger partial charge in [-0.05, 0) is 74.0 Å². The number of allylic oxidation sites excluding steroid dienone is 4. The van der Waals surface area contributed by atoms with Gasteiger partial charge in [-0.2, -0.15) is 0 Å². The lowest BCUT2D eigenvalue weighted by Gasteiger charge is -2.29. The molecule has 0 saturated carbocycles. The minimum Gasteiger partial charge on any atom is -0.330 e. The van der Waals surface area contributed by atoms with Crippen molar-refractivity contribution in [1.29, 1.82) is 0 Å². The third-order valence-electron chi connectivity index (χ3n) is 4.46. The largest absolute Gasteiger partial charge is 0.330 e. The molecule has 0 rings (SSSR count). The van der Waals surface area contributed by atoms with Gasteiger partial charge in [-0.1, -0.05) is 53.0 Å². The third-order valence-corrected chi connectivity index (χ3v) is 4.46. The Bertz CT molecular complexity index is 338. The van der Waals surface area contributed by atoms with Crippen LogP contribution in [0.15, 0.2) is 36.5 Å². The second-order valence-electron chi connectivity index (χ2n) is 7.03. The summed E-state index contributed by atoms with van der Waals surface area (Å²) in [5.74, 6) is 2.71. The molecule has 0 aromatic heterocycles. The SMILES string of the molecule is C=C/C(C)=C(\C=C)[C@H](CC(C)CC(C)C)C(C)CCCN. The summed E-state index contributed by atoms with van der Waals surface area (Å²) in [5, 5.41) is 0. The van der Waals surface area contributed by atoms with Crippen LogP contribution in [0.1, 0.15) is 60.3 Å². The summed E-state index contributed by atoms with van der Waals surface area (Å²) >= 11 is 0. The average Bonchev–Trinajstić information content (AvgIpc) is 2.43. The van der Waals surface area contributed by atoms with Crippen LogP contribution in [0.4, 0.5) is 0 Å². The van der Waals surface area contributed by atoms with Gasteiger partial charge in [0.1, 0.15) is 0 Å². The van der Waals surface area contributed by atoms with Crippen LogP contribution >= 0.6 is 0 Å². The van der Waals surface area contributed by atoms with E-state index in [9.17, 15) is 0 Å². The molecule has 0 bridgehead atoms. The Labute approximate surface area is 133 Å². The molecule has 0 aromatic rings. The van der Waals surface area contributed by atoms with Gasteiger partial charge in [0.25, 0.3) is 0 Å². The van der Waals surface area contributed by atoms with Gasteiger partial charge in [-0.15, -0.1) is 0 Å². The van der Waals surface area contributed by atoms with E-state index in [2.05, 4.69) is 47.8 Å². The van der Waals surface area contributed by atoms with Crippen molar-refractivity contribution in [3.63, 3.8) is 0 Å². The highest BCUT2D eigenvalue weighted by atomic mass is 14.5. The molecule has 0 radical (unpaired) electrons. The highest BCUT2D eigenvalue weighted by Gasteiger charge is 2.23. The minimum absolute atomic E-state index is 0.570. The molecule has 0 aliphatic rings. The molecule has 0 amide bonds. The van der Waals surface area contributed by atoms with Crippen LogP contribution in [0.25, 0.3) is 0 Å². The molecule has 122 valence electrons. The minimum atomic E-state index is 0.570. The van der Waals surface area contributed by atoms with Crippen LogP contribution in [0.3, 0.4) is 0 Å². The second-order valence-corrected chi connectivity index (χ2v) is 7.03. The van der Waals surface area contributed by atoms with E-state index in [-0.39, 0.29) is 0 Å². The first kappa shape index (κ1) is 20.2. The Morgan fingerprint density at radius 3 is 2.10 bits per heavy atom. The Hall–Kier alpha value is -0.820. The van der Waals surface area contributed by atoms with Crippen molar-refractivity contribution < 1.29 is 0 Å². The van der Waals surface area contributed by atoms with Gasteiger partial charge >= 0.3 is 0 Å². The highest BCUT2D eigenvalue weighted by molar-refractivity contribution is 5.32. The zero-order valence-electron chi connectivity index (χ0n) is 15.0. The first-order valence-electron chi connectivity index (χ1n) is 8.52. The summed E-state index contributed by atoms with van der Waals surface area (Å²) in [5.41, 5.74) is 8.34. The van der Waals surface area contributed by atoms with E-state index in [1.165, 1.54) is 30.4 Å². The van der Waals surface area contributed by atoms with Crippen LogP contribution in [-0.2, 0) is 0 Å². The van der Waals surface area contributed by atoms with Gasteiger partial charge in [0.15, 0.2) is 0 Å². The zero-order valence-corrected chi connectivity index (χ0v) is 15.0. The standard InChI is InChI=1S/C20H37N/c1-8-17(6)19(9-2)20(18(7)11-10-12-21)14-16(5)13-15(3)4/h8-9,15-16,18,20H,1-2,10-14,21H2,3-7H3/b19-17+/t16?,18?,20-/m1/s1. The fraction of sp³-hybridized carbons (Fsp3) is 0.700. The Kier molecular flexibility index (Phi) is 10.4. The van der Waals surface area contributed by atoms with Gasteiger partial charge in [0.05, 0.1) is 0 Å². The lowest BCUT2D eigenvalue weighted by atomic mass is 9.76. The summed E-state index contributed by atoms with van der Waals surface area (Å²) in [6.45, 7) is 20.3. The highest BCUT2D eigenvalue weighted by Crippen LogP contribution is 2.34. The van der Waals surface area contributed by atoms with Crippen molar-refractivity contribution in [2.45, 2.75) is 60.3 Å². The monoisotopic (exact) mass is 291 g/mol. The lowest BCUT2D eigenvalue weighted by molar-refractivity contribution is 0.292. The predicted octanol–water partition coefficient (Wildman–Crippen LogP) is 5.74. The van der Waals surface area contributed by atoms with E-state index in [0.717, 1.165) is 24.8 Å².